The maximum Gasteiger partial charge on any atom is 0.164 e. The Hall–Kier alpha value is -8.41. The van der Waals surface area contributed by atoms with Crippen molar-refractivity contribution >= 4 is 43.6 Å². The minimum absolute atomic E-state index is 0.107. The molecule has 5 heteroatoms. The fourth-order valence-corrected chi connectivity index (χ4v) is 10.4. The van der Waals surface area contributed by atoms with Crippen LogP contribution in [-0.2, 0) is 5.41 Å². The van der Waals surface area contributed by atoms with Gasteiger partial charge in [-0.05, 0) is 100 Å². The van der Waals surface area contributed by atoms with Gasteiger partial charge in [0.15, 0.2) is 17.5 Å². The van der Waals surface area contributed by atoms with Gasteiger partial charge in [0.1, 0.15) is 0 Å². The van der Waals surface area contributed by atoms with Gasteiger partial charge in [0.2, 0.25) is 0 Å². The van der Waals surface area contributed by atoms with Gasteiger partial charge >= 0.3 is 0 Å². The molecule has 65 heavy (non-hydrogen) atoms. The summed E-state index contributed by atoms with van der Waals surface area (Å²) in [5.74, 6) is 1.85. The van der Waals surface area contributed by atoms with Crippen molar-refractivity contribution in [3.63, 3.8) is 0 Å². The second-order valence-corrected chi connectivity index (χ2v) is 17.7. The van der Waals surface area contributed by atoms with Crippen LogP contribution in [0.15, 0.2) is 212 Å². The van der Waals surface area contributed by atoms with Crippen LogP contribution in [0.25, 0.3) is 111 Å². The van der Waals surface area contributed by atoms with E-state index in [2.05, 4.69) is 229 Å². The highest BCUT2D eigenvalue weighted by atomic mass is 15.0. The molecule has 306 valence electrons. The van der Waals surface area contributed by atoms with Crippen LogP contribution in [0.5, 0.6) is 0 Å². The van der Waals surface area contributed by atoms with Crippen LogP contribution >= 0.6 is 0 Å². The molecule has 0 unspecified atom stereocenters. The lowest BCUT2D eigenvalue weighted by Crippen LogP contribution is -2.14. The summed E-state index contributed by atoms with van der Waals surface area (Å²) in [4.78, 5) is 15.6. The van der Waals surface area contributed by atoms with Gasteiger partial charge in [-0.15, -0.1) is 0 Å². The average molecular weight is 832 g/mol. The zero-order chi connectivity index (χ0) is 43.2. The zero-order valence-corrected chi connectivity index (χ0v) is 35.9. The SMILES string of the molecule is CC1(C)c2ccccc2-c2cc3c4ccccc4n(-c4ccc(-c5nc(-c6ccc(-c7ccccc7)cc6)nc(-c6cccc(-n7c8ccccc8c8ccccc87)c6)n5)cc4)c3cc21. The minimum atomic E-state index is -0.107. The Kier molecular flexibility index (Phi) is 8.18. The Labute approximate surface area is 376 Å². The lowest BCUT2D eigenvalue weighted by Gasteiger charge is -2.21. The van der Waals surface area contributed by atoms with Crippen molar-refractivity contribution in [2.24, 2.45) is 0 Å². The van der Waals surface area contributed by atoms with Gasteiger partial charge in [0.25, 0.3) is 0 Å². The van der Waals surface area contributed by atoms with Gasteiger partial charge in [0.05, 0.1) is 22.1 Å². The van der Waals surface area contributed by atoms with Gasteiger partial charge in [-0.1, -0.05) is 159 Å². The number of nitrogens with zero attached hydrogens (tertiary/aromatic N) is 5. The zero-order valence-electron chi connectivity index (χ0n) is 35.9. The summed E-state index contributed by atoms with van der Waals surface area (Å²) in [5, 5.41) is 4.94. The van der Waals surface area contributed by atoms with Crippen molar-refractivity contribution in [1.82, 2.24) is 24.1 Å². The first-order valence-corrected chi connectivity index (χ1v) is 22.3. The highest BCUT2D eigenvalue weighted by Crippen LogP contribution is 2.51. The largest absolute Gasteiger partial charge is 0.309 e. The predicted molar refractivity (Wildman–Crippen MR) is 268 cm³/mol. The standard InChI is InChI=1S/C60H41N5/c1-60(2)51-23-10-6-19-45(51)49-36-50-48-22-9-13-26-55(48)64(56(50)37-52(49)60)43-33-31-41(32-34-43)58-61-57(40-29-27-39(28-30-40)38-15-4-3-5-16-38)62-59(63-58)42-17-14-18-44(35-42)65-53-24-11-7-20-46(53)47-21-8-12-25-54(47)65/h3-37H,1-2H3. The Morgan fingerprint density at radius 1 is 0.308 bits per heavy atom. The Balaban J connectivity index is 0.948. The number of aromatic nitrogens is 5. The quantitative estimate of drug-likeness (QED) is 0.168. The van der Waals surface area contributed by atoms with Crippen LogP contribution in [-0.4, -0.2) is 24.1 Å². The molecular weight excluding hydrogens is 791 g/mol. The highest BCUT2D eigenvalue weighted by Gasteiger charge is 2.36. The van der Waals surface area contributed by atoms with E-state index in [1.165, 1.54) is 60.4 Å². The fourth-order valence-electron chi connectivity index (χ4n) is 10.4. The van der Waals surface area contributed by atoms with Gasteiger partial charge in [0, 0.05) is 55.0 Å². The first-order chi connectivity index (χ1) is 32.0. The molecule has 3 heterocycles. The van der Waals surface area contributed by atoms with E-state index in [-0.39, 0.29) is 5.41 Å². The molecule has 5 nitrogen and oxygen atoms in total. The third-order valence-corrected chi connectivity index (χ3v) is 13.6. The molecule has 0 fully saturated rings. The molecular formula is C60H41N5. The summed E-state index contributed by atoms with van der Waals surface area (Å²) in [5.41, 5.74) is 17.2. The van der Waals surface area contributed by atoms with Gasteiger partial charge in [-0.3, -0.25) is 0 Å². The number of hydrogen-bond acceptors (Lipinski definition) is 3. The first-order valence-electron chi connectivity index (χ1n) is 22.3. The Bertz CT molecular complexity index is 3780. The molecule has 0 saturated heterocycles. The number of fused-ring (bicyclic) bond motifs is 9. The lowest BCUT2D eigenvalue weighted by atomic mass is 9.82. The summed E-state index contributed by atoms with van der Waals surface area (Å²) in [6.07, 6.45) is 0. The topological polar surface area (TPSA) is 48.5 Å². The molecule has 0 bridgehead atoms. The Morgan fingerprint density at radius 2 is 0.785 bits per heavy atom. The van der Waals surface area contributed by atoms with E-state index in [1.54, 1.807) is 0 Å². The Morgan fingerprint density at radius 3 is 1.43 bits per heavy atom. The summed E-state index contributed by atoms with van der Waals surface area (Å²) in [6, 6.07) is 75.9. The monoisotopic (exact) mass is 831 g/mol. The maximum atomic E-state index is 5.24. The van der Waals surface area contributed by atoms with Gasteiger partial charge in [-0.25, -0.2) is 15.0 Å². The number of rotatable bonds is 6. The van der Waals surface area contributed by atoms with Gasteiger partial charge < -0.3 is 9.13 Å². The first kappa shape index (κ1) is 37.2. The van der Waals surface area contributed by atoms with E-state index in [1.807, 2.05) is 6.07 Å². The fraction of sp³-hybridized carbons (Fsp3) is 0.0500. The van der Waals surface area contributed by atoms with Crippen LogP contribution in [0.3, 0.4) is 0 Å². The normalized spacial score (nSPS) is 12.9. The van der Waals surface area contributed by atoms with Crippen LogP contribution in [0.4, 0.5) is 0 Å². The molecule has 1 aliphatic rings. The molecule has 0 amide bonds. The molecule has 13 rings (SSSR count). The van der Waals surface area contributed by atoms with Crippen LogP contribution in [0.2, 0.25) is 0 Å². The molecule has 0 N–H and O–H groups in total. The predicted octanol–water partition coefficient (Wildman–Crippen LogP) is 15.0. The molecule has 0 aliphatic heterocycles. The molecule has 3 aromatic heterocycles. The minimum Gasteiger partial charge on any atom is -0.309 e. The van der Waals surface area contributed by atoms with Crippen molar-refractivity contribution in [3.05, 3.63) is 223 Å². The number of para-hydroxylation sites is 3. The van der Waals surface area contributed by atoms with Crippen molar-refractivity contribution in [2.45, 2.75) is 19.3 Å². The maximum absolute atomic E-state index is 5.24. The average Bonchev–Trinajstić information content (AvgIpc) is 3.96. The number of benzene rings is 9. The molecule has 12 aromatic rings. The van der Waals surface area contributed by atoms with Crippen LogP contribution in [0, 0.1) is 0 Å². The third kappa shape index (κ3) is 5.82. The molecule has 0 radical (unpaired) electrons. The van der Waals surface area contributed by atoms with E-state index >= 15 is 0 Å². The van der Waals surface area contributed by atoms with E-state index in [0.29, 0.717) is 17.5 Å². The smallest absolute Gasteiger partial charge is 0.164 e. The van der Waals surface area contributed by atoms with Crippen molar-refractivity contribution in [3.8, 4) is 67.8 Å². The second-order valence-electron chi connectivity index (χ2n) is 17.7. The van der Waals surface area contributed by atoms with E-state index in [4.69, 9.17) is 15.0 Å². The van der Waals surface area contributed by atoms with E-state index in [9.17, 15) is 0 Å². The van der Waals surface area contributed by atoms with E-state index < -0.39 is 0 Å². The summed E-state index contributed by atoms with van der Waals surface area (Å²) in [7, 11) is 0. The lowest BCUT2D eigenvalue weighted by molar-refractivity contribution is 0.661. The molecule has 0 spiro atoms. The summed E-state index contributed by atoms with van der Waals surface area (Å²) in [6.45, 7) is 4.70. The summed E-state index contributed by atoms with van der Waals surface area (Å²) >= 11 is 0. The molecule has 9 aromatic carbocycles. The third-order valence-electron chi connectivity index (χ3n) is 13.6. The van der Waals surface area contributed by atoms with Crippen molar-refractivity contribution in [2.75, 3.05) is 0 Å². The molecule has 0 saturated carbocycles. The second kappa shape index (κ2) is 14.3. The summed E-state index contributed by atoms with van der Waals surface area (Å²) < 4.78 is 4.74. The number of hydrogen-bond donors (Lipinski definition) is 0. The van der Waals surface area contributed by atoms with E-state index in [0.717, 1.165) is 44.7 Å². The van der Waals surface area contributed by atoms with Crippen molar-refractivity contribution in [1.29, 1.82) is 0 Å². The van der Waals surface area contributed by atoms with Crippen LogP contribution in [0.1, 0.15) is 25.0 Å². The van der Waals surface area contributed by atoms with Crippen molar-refractivity contribution < 1.29 is 0 Å². The van der Waals surface area contributed by atoms with Gasteiger partial charge in [-0.2, -0.15) is 0 Å². The molecule has 0 atom stereocenters. The molecule has 1 aliphatic carbocycles. The highest BCUT2D eigenvalue weighted by molar-refractivity contribution is 6.12. The van der Waals surface area contributed by atoms with Crippen LogP contribution < -0.4 is 0 Å².